The number of aryl methyl sites for hydroxylation is 1. The Kier molecular flexibility index (Phi) is 8.70. The predicted octanol–water partition coefficient (Wildman–Crippen LogP) is 4.74. The fourth-order valence-electron chi connectivity index (χ4n) is 3.94. The monoisotopic (exact) mass is 563 g/mol. The Morgan fingerprint density at radius 1 is 1.05 bits per heavy atom. The number of nitrogens with zero attached hydrogens (tertiary/aromatic N) is 1. The van der Waals surface area contributed by atoms with Gasteiger partial charge in [0, 0.05) is 5.69 Å². The van der Waals surface area contributed by atoms with Crippen molar-refractivity contribution in [2.24, 2.45) is 0 Å². The van der Waals surface area contributed by atoms with Gasteiger partial charge in [0.15, 0.2) is 18.1 Å². The summed E-state index contributed by atoms with van der Waals surface area (Å²) in [5, 5.41) is 4.99. The summed E-state index contributed by atoms with van der Waals surface area (Å²) < 4.78 is 16.4. The Morgan fingerprint density at radius 2 is 1.80 bits per heavy atom. The first kappa shape index (κ1) is 28.2. The first-order valence-electron chi connectivity index (χ1n) is 12.2. The molecule has 0 aromatic heterocycles. The highest BCUT2D eigenvalue weighted by Crippen LogP contribution is 2.37. The Labute approximate surface area is 235 Å². The van der Waals surface area contributed by atoms with Crippen LogP contribution in [-0.4, -0.2) is 44.1 Å². The lowest BCUT2D eigenvalue weighted by molar-refractivity contribution is -0.122. The van der Waals surface area contributed by atoms with E-state index in [1.165, 1.54) is 37.5 Å². The second-order valence-corrected chi connectivity index (χ2v) is 9.03. The van der Waals surface area contributed by atoms with Crippen LogP contribution >= 0.6 is 11.6 Å². The molecule has 40 heavy (non-hydrogen) atoms. The molecule has 4 rings (SSSR count). The largest absolute Gasteiger partial charge is 0.494 e. The molecule has 0 aliphatic carbocycles. The van der Waals surface area contributed by atoms with Crippen LogP contribution in [0, 0.1) is 6.92 Å². The maximum absolute atomic E-state index is 13.2. The number of ether oxygens (including phenoxy) is 3. The number of hydrogen-bond acceptors (Lipinski definition) is 7. The molecular formula is C29H26ClN3O7. The molecule has 2 N–H and O–H groups in total. The molecule has 0 saturated carbocycles. The highest BCUT2D eigenvalue weighted by Gasteiger charge is 2.37. The summed E-state index contributed by atoms with van der Waals surface area (Å²) in [6.45, 7) is 3.86. The SMILES string of the molecule is CCOc1ccc(N2C(=O)NC(=O)/C(=C\c3cc(Cl)c(OCC(=O)Nc4cccc(C)c4)c(OC)c3)C2=O)cc1. The number of carbonyl (C=O) groups excluding carboxylic acids is 4. The van der Waals surface area contributed by atoms with Crippen molar-refractivity contribution < 1.29 is 33.4 Å². The lowest BCUT2D eigenvalue weighted by Gasteiger charge is -2.26. The standard InChI is InChI=1S/C29H26ClN3O7/c1-4-39-21-10-8-20(9-11-21)33-28(36)22(27(35)32-29(33)37)13-18-14-23(30)26(24(15-18)38-3)40-16-25(34)31-19-7-5-6-17(2)12-19/h5-15H,4,16H2,1-3H3,(H,31,34)(H,32,35,37)/b22-13+. The van der Waals surface area contributed by atoms with E-state index in [1.54, 1.807) is 18.2 Å². The van der Waals surface area contributed by atoms with Crippen LogP contribution in [0.1, 0.15) is 18.1 Å². The zero-order valence-electron chi connectivity index (χ0n) is 21.9. The Hall–Kier alpha value is -4.83. The molecule has 206 valence electrons. The van der Waals surface area contributed by atoms with E-state index in [1.807, 2.05) is 32.0 Å². The van der Waals surface area contributed by atoms with Crippen LogP contribution in [0.2, 0.25) is 5.02 Å². The molecule has 0 bridgehead atoms. The van der Waals surface area contributed by atoms with Crippen LogP contribution in [0.25, 0.3) is 6.08 Å². The molecule has 0 spiro atoms. The Balaban J connectivity index is 1.54. The topological polar surface area (TPSA) is 123 Å². The second-order valence-electron chi connectivity index (χ2n) is 8.63. The van der Waals surface area contributed by atoms with Gasteiger partial charge in [0.1, 0.15) is 11.3 Å². The maximum atomic E-state index is 13.2. The minimum absolute atomic E-state index is 0.0812. The van der Waals surface area contributed by atoms with Gasteiger partial charge >= 0.3 is 6.03 Å². The minimum atomic E-state index is -0.875. The summed E-state index contributed by atoms with van der Waals surface area (Å²) in [6, 6.07) is 15.7. The van der Waals surface area contributed by atoms with Crippen molar-refractivity contribution in [3.8, 4) is 17.2 Å². The molecule has 0 atom stereocenters. The third-order valence-electron chi connectivity index (χ3n) is 5.72. The number of imide groups is 2. The van der Waals surface area contributed by atoms with Gasteiger partial charge in [-0.2, -0.15) is 0 Å². The van der Waals surface area contributed by atoms with Crippen molar-refractivity contribution >= 4 is 52.8 Å². The lowest BCUT2D eigenvalue weighted by Crippen LogP contribution is -2.54. The third-order valence-corrected chi connectivity index (χ3v) is 6.00. The number of rotatable bonds is 9. The quantitative estimate of drug-likeness (QED) is 0.285. The van der Waals surface area contributed by atoms with Gasteiger partial charge in [-0.25, -0.2) is 9.69 Å². The molecule has 1 aliphatic heterocycles. The summed E-state index contributed by atoms with van der Waals surface area (Å²) in [4.78, 5) is 51.6. The number of barbiturate groups is 1. The number of urea groups is 1. The van der Waals surface area contributed by atoms with E-state index < -0.39 is 23.8 Å². The number of benzene rings is 3. The molecule has 3 aromatic carbocycles. The summed E-state index contributed by atoms with van der Waals surface area (Å²) in [6.07, 6.45) is 1.29. The molecule has 0 unspecified atom stereocenters. The third kappa shape index (κ3) is 6.41. The van der Waals surface area contributed by atoms with Crippen molar-refractivity contribution in [2.45, 2.75) is 13.8 Å². The van der Waals surface area contributed by atoms with E-state index in [4.69, 9.17) is 25.8 Å². The molecular weight excluding hydrogens is 538 g/mol. The van der Waals surface area contributed by atoms with Crippen LogP contribution in [0.3, 0.4) is 0 Å². The van der Waals surface area contributed by atoms with E-state index in [-0.39, 0.29) is 34.4 Å². The number of methoxy groups -OCH3 is 1. The predicted molar refractivity (Wildman–Crippen MR) is 150 cm³/mol. The number of anilines is 2. The highest BCUT2D eigenvalue weighted by atomic mass is 35.5. The summed E-state index contributed by atoms with van der Waals surface area (Å²) in [5.41, 5.74) is 1.91. The van der Waals surface area contributed by atoms with Crippen molar-refractivity contribution in [3.05, 3.63) is 82.4 Å². The van der Waals surface area contributed by atoms with Crippen molar-refractivity contribution in [3.63, 3.8) is 0 Å². The normalized spacial score (nSPS) is 14.2. The number of carbonyl (C=O) groups is 4. The van der Waals surface area contributed by atoms with Gasteiger partial charge < -0.3 is 19.5 Å². The Morgan fingerprint density at radius 3 is 2.48 bits per heavy atom. The fourth-order valence-corrected chi connectivity index (χ4v) is 4.21. The van der Waals surface area contributed by atoms with Gasteiger partial charge in [-0.3, -0.25) is 19.7 Å². The number of halogens is 1. The molecule has 3 aromatic rings. The van der Waals surface area contributed by atoms with Crippen LogP contribution < -0.4 is 29.7 Å². The molecule has 1 fully saturated rings. The average Bonchev–Trinajstić information content (AvgIpc) is 2.91. The smallest absolute Gasteiger partial charge is 0.335 e. The first-order chi connectivity index (χ1) is 19.2. The molecule has 10 nitrogen and oxygen atoms in total. The molecule has 1 saturated heterocycles. The summed E-state index contributed by atoms with van der Waals surface area (Å²) >= 11 is 6.43. The molecule has 1 aliphatic rings. The summed E-state index contributed by atoms with van der Waals surface area (Å²) in [7, 11) is 1.38. The van der Waals surface area contributed by atoms with Crippen LogP contribution in [0.4, 0.5) is 16.2 Å². The van der Waals surface area contributed by atoms with E-state index >= 15 is 0 Å². The highest BCUT2D eigenvalue weighted by molar-refractivity contribution is 6.39. The van der Waals surface area contributed by atoms with Crippen molar-refractivity contribution in [1.82, 2.24) is 5.32 Å². The molecule has 11 heteroatoms. The van der Waals surface area contributed by atoms with Gasteiger partial charge in [-0.1, -0.05) is 23.7 Å². The number of nitrogens with one attached hydrogen (secondary N) is 2. The van der Waals surface area contributed by atoms with E-state index in [0.29, 0.717) is 23.6 Å². The molecule has 1 heterocycles. The Bertz CT molecular complexity index is 1500. The first-order valence-corrected chi connectivity index (χ1v) is 12.6. The number of amides is 5. The van der Waals surface area contributed by atoms with E-state index in [0.717, 1.165) is 10.5 Å². The van der Waals surface area contributed by atoms with Crippen molar-refractivity contribution in [2.75, 3.05) is 30.5 Å². The van der Waals surface area contributed by atoms with Gasteiger partial charge in [0.05, 0.1) is 24.4 Å². The number of hydrogen-bond donors (Lipinski definition) is 2. The van der Waals surface area contributed by atoms with Crippen LogP contribution in [0.15, 0.2) is 66.2 Å². The zero-order valence-corrected chi connectivity index (χ0v) is 22.7. The van der Waals surface area contributed by atoms with Gasteiger partial charge in [-0.05, 0) is 79.6 Å². The van der Waals surface area contributed by atoms with E-state index in [2.05, 4.69) is 10.6 Å². The fraction of sp³-hybridized carbons (Fsp3) is 0.172. The van der Waals surface area contributed by atoms with Gasteiger partial charge in [-0.15, -0.1) is 0 Å². The molecule has 5 amide bonds. The second kappa shape index (κ2) is 12.4. The average molecular weight is 564 g/mol. The van der Waals surface area contributed by atoms with Crippen molar-refractivity contribution in [1.29, 1.82) is 0 Å². The van der Waals surface area contributed by atoms with E-state index in [9.17, 15) is 19.2 Å². The van der Waals surface area contributed by atoms with Gasteiger partial charge in [0.25, 0.3) is 17.7 Å². The van der Waals surface area contributed by atoms with Crippen LogP contribution in [0.5, 0.6) is 17.2 Å². The minimum Gasteiger partial charge on any atom is -0.494 e. The van der Waals surface area contributed by atoms with Crippen LogP contribution in [-0.2, 0) is 14.4 Å². The summed E-state index contributed by atoms with van der Waals surface area (Å²) in [5.74, 6) is -1.23. The lowest BCUT2D eigenvalue weighted by atomic mass is 10.1. The molecule has 0 radical (unpaired) electrons. The van der Waals surface area contributed by atoms with Gasteiger partial charge in [0.2, 0.25) is 0 Å². The zero-order chi connectivity index (χ0) is 28.8. The maximum Gasteiger partial charge on any atom is 0.335 e.